The fourth-order valence-corrected chi connectivity index (χ4v) is 1.88. The normalized spacial score (nSPS) is 21.3. The summed E-state index contributed by atoms with van der Waals surface area (Å²) in [4.78, 5) is 24.9. The quantitative estimate of drug-likeness (QED) is 0.691. The van der Waals surface area contributed by atoms with Gasteiger partial charge in [-0.05, 0) is 40.2 Å². The number of rotatable bonds is 3. The maximum absolute atomic E-state index is 11.9. The van der Waals surface area contributed by atoms with Crippen LogP contribution in [0.4, 0.5) is 0 Å². The predicted octanol–water partition coefficient (Wildman–Crippen LogP) is 0.965. The largest absolute Gasteiger partial charge is 0.468 e. The first-order valence-electron chi connectivity index (χ1n) is 5.87. The van der Waals surface area contributed by atoms with Crippen LogP contribution in [0.3, 0.4) is 0 Å². The number of carbonyl (C=O) groups excluding carboxylic acids is 2. The molecule has 0 bridgehead atoms. The van der Waals surface area contributed by atoms with Crippen molar-refractivity contribution < 1.29 is 19.1 Å². The number of hydrogen-bond donors (Lipinski definition) is 0. The molecule has 1 aliphatic heterocycles. The molecule has 5 nitrogen and oxygen atoms in total. The van der Waals surface area contributed by atoms with Crippen LogP contribution in [-0.4, -0.2) is 48.7 Å². The van der Waals surface area contributed by atoms with E-state index in [9.17, 15) is 9.59 Å². The van der Waals surface area contributed by atoms with Crippen molar-refractivity contribution in [1.29, 1.82) is 0 Å². The molecule has 5 heteroatoms. The van der Waals surface area contributed by atoms with Gasteiger partial charge in [0, 0.05) is 0 Å². The number of hydrogen-bond acceptors (Lipinski definition) is 5. The first-order chi connectivity index (χ1) is 7.83. The van der Waals surface area contributed by atoms with Gasteiger partial charge in [0.15, 0.2) is 0 Å². The Hall–Kier alpha value is -1.10. The smallest absolute Gasteiger partial charge is 0.323 e. The lowest BCUT2D eigenvalue weighted by Crippen LogP contribution is -2.42. The van der Waals surface area contributed by atoms with Crippen LogP contribution in [0, 0.1) is 0 Å². The Morgan fingerprint density at radius 3 is 2.53 bits per heavy atom. The Morgan fingerprint density at radius 1 is 1.35 bits per heavy atom. The highest BCUT2D eigenvalue weighted by atomic mass is 16.6. The molecule has 1 unspecified atom stereocenters. The molecule has 0 amide bonds. The zero-order chi connectivity index (χ0) is 13.1. The maximum Gasteiger partial charge on any atom is 0.323 e. The first kappa shape index (κ1) is 14.0. The second-order valence-electron chi connectivity index (χ2n) is 5.24. The van der Waals surface area contributed by atoms with Gasteiger partial charge in [0.1, 0.15) is 11.6 Å². The molecule has 0 spiro atoms. The Balaban J connectivity index is 2.57. The summed E-state index contributed by atoms with van der Waals surface area (Å²) in [6.07, 6.45) is 1.65. The third-order valence-electron chi connectivity index (χ3n) is 2.60. The van der Waals surface area contributed by atoms with Crippen LogP contribution in [0.25, 0.3) is 0 Å². The Bertz CT molecular complexity index is 295. The highest BCUT2D eigenvalue weighted by Crippen LogP contribution is 2.20. The molecule has 17 heavy (non-hydrogen) atoms. The molecule has 1 heterocycles. The Morgan fingerprint density at radius 2 is 2.00 bits per heavy atom. The summed E-state index contributed by atoms with van der Waals surface area (Å²) < 4.78 is 9.94. The number of likely N-dealkylation sites (tertiary alicyclic amines) is 1. The molecule has 0 N–H and O–H groups in total. The molecule has 1 atom stereocenters. The summed E-state index contributed by atoms with van der Waals surface area (Å²) >= 11 is 0. The van der Waals surface area contributed by atoms with Gasteiger partial charge in [-0.25, -0.2) is 0 Å². The molecule has 0 aromatic heterocycles. The molecule has 1 aliphatic rings. The van der Waals surface area contributed by atoms with Gasteiger partial charge in [0.05, 0.1) is 13.7 Å². The average Bonchev–Trinajstić information content (AvgIpc) is 2.63. The van der Waals surface area contributed by atoms with Crippen LogP contribution in [0.15, 0.2) is 0 Å². The van der Waals surface area contributed by atoms with Gasteiger partial charge in [0.2, 0.25) is 0 Å². The van der Waals surface area contributed by atoms with E-state index in [4.69, 9.17) is 4.74 Å². The van der Waals surface area contributed by atoms with Crippen LogP contribution in [0.2, 0.25) is 0 Å². The molecule has 1 fully saturated rings. The number of carbonyl (C=O) groups is 2. The highest BCUT2D eigenvalue weighted by Gasteiger charge is 2.35. The van der Waals surface area contributed by atoms with Crippen LogP contribution < -0.4 is 0 Å². The van der Waals surface area contributed by atoms with Gasteiger partial charge in [-0.2, -0.15) is 0 Å². The number of esters is 2. The summed E-state index contributed by atoms with van der Waals surface area (Å²) in [5.41, 5.74) is -0.489. The van der Waals surface area contributed by atoms with Crippen molar-refractivity contribution in [2.75, 3.05) is 20.2 Å². The van der Waals surface area contributed by atoms with E-state index in [1.807, 2.05) is 25.7 Å². The second-order valence-corrected chi connectivity index (χ2v) is 5.24. The monoisotopic (exact) mass is 243 g/mol. The van der Waals surface area contributed by atoms with Crippen molar-refractivity contribution >= 4 is 11.9 Å². The molecule has 0 aliphatic carbocycles. The summed E-state index contributed by atoms with van der Waals surface area (Å²) in [5.74, 6) is -0.570. The summed E-state index contributed by atoms with van der Waals surface area (Å²) in [6, 6.07) is -0.312. The van der Waals surface area contributed by atoms with Crippen molar-refractivity contribution in [1.82, 2.24) is 4.90 Å². The minimum absolute atomic E-state index is 0.153. The van der Waals surface area contributed by atoms with Gasteiger partial charge >= 0.3 is 11.9 Å². The van der Waals surface area contributed by atoms with Gasteiger partial charge in [-0.3, -0.25) is 14.5 Å². The lowest BCUT2D eigenvalue weighted by Gasteiger charge is -2.26. The van der Waals surface area contributed by atoms with Crippen LogP contribution in [0.1, 0.15) is 33.6 Å². The summed E-state index contributed by atoms with van der Waals surface area (Å²) in [6.45, 7) is 6.40. The molecule has 0 radical (unpaired) electrons. The highest BCUT2D eigenvalue weighted by molar-refractivity contribution is 5.78. The average molecular weight is 243 g/mol. The second kappa shape index (κ2) is 5.49. The van der Waals surface area contributed by atoms with Crippen LogP contribution in [-0.2, 0) is 19.1 Å². The third-order valence-corrected chi connectivity index (χ3v) is 2.60. The van der Waals surface area contributed by atoms with Gasteiger partial charge < -0.3 is 9.47 Å². The third kappa shape index (κ3) is 4.34. The molecule has 1 saturated heterocycles. The number of nitrogens with zero attached hydrogens (tertiary/aromatic N) is 1. The predicted molar refractivity (Wildman–Crippen MR) is 62.5 cm³/mol. The van der Waals surface area contributed by atoms with E-state index in [0.717, 1.165) is 19.4 Å². The minimum Gasteiger partial charge on any atom is -0.468 e. The van der Waals surface area contributed by atoms with E-state index < -0.39 is 5.60 Å². The molecule has 1 rings (SSSR count). The lowest BCUT2D eigenvalue weighted by molar-refractivity contribution is -0.161. The molecular weight excluding hydrogens is 222 g/mol. The first-order valence-corrected chi connectivity index (χ1v) is 5.87. The molecule has 0 saturated carbocycles. The van der Waals surface area contributed by atoms with E-state index in [0.29, 0.717) is 0 Å². The SMILES string of the molecule is COC(=O)CN1CCCC1C(=O)OC(C)(C)C. The summed E-state index contributed by atoms with van der Waals surface area (Å²) in [5, 5.41) is 0. The van der Waals surface area contributed by atoms with Gasteiger partial charge in [0.25, 0.3) is 0 Å². The van der Waals surface area contributed by atoms with Crippen molar-refractivity contribution in [3.05, 3.63) is 0 Å². The van der Waals surface area contributed by atoms with Crippen molar-refractivity contribution in [3.8, 4) is 0 Å². The van der Waals surface area contributed by atoms with E-state index in [1.54, 1.807) is 0 Å². The molecule has 0 aromatic rings. The van der Waals surface area contributed by atoms with Crippen molar-refractivity contribution in [2.24, 2.45) is 0 Å². The topological polar surface area (TPSA) is 55.8 Å². The number of ether oxygens (including phenoxy) is 2. The summed E-state index contributed by atoms with van der Waals surface area (Å²) in [7, 11) is 1.35. The van der Waals surface area contributed by atoms with Gasteiger partial charge in [-0.1, -0.05) is 0 Å². The number of methoxy groups -OCH3 is 1. The van der Waals surface area contributed by atoms with E-state index in [2.05, 4.69) is 4.74 Å². The zero-order valence-corrected chi connectivity index (χ0v) is 11.0. The standard InChI is InChI=1S/C12H21NO4/c1-12(2,3)17-11(15)9-6-5-7-13(9)8-10(14)16-4/h9H,5-8H2,1-4H3. The minimum atomic E-state index is -0.489. The fourth-order valence-electron chi connectivity index (χ4n) is 1.88. The molecule has 98 valence electrons. The fraction of sp³-hybridized carbons (Fsp3) is 0.833. The van der Waals surface area contributed by atoms with Crippen molar-refractivity contribution in [3.63, 3.8) is 0 Å². The van der Waals surface area contributed by atoms with Crippen molar-refractivity contribution in [2.45, 2.75) is 45.3 Å². The van der Waals surface area contributed by atoms with Crippen LogP contribution >= 0.6 is 0 Å². The Labute approximate surface area is 102 Å². The van der Waals surface area contributed by atoms with E-state index in [-0.39, 0.29) is 24.5 Å². The maximum atomic E-state index is 11.9. The van der Waals surface area contributed by atoms with E-state index >= 15 is 0 Å². The lowest BCUT2D eigenvalue weighted by atomic mass is 10.1. The van der Waals surface area contributed by atoms with Gasteiger partial charge in [-0.15, -0.1) is 0 Å². The molecular formula is C12H21NO4. The Kier molecular flexibility index (Phi) is 4.51. The van der Waals surface area contributed by atoms with Crippen LogP contribution in [0.5, 0.6) is 0 Å². The molecule has 0 aromatic carbocycles. The van der Waals surface area contributed by atoms with E-state index in [1.165, 1.54) is 7.11 Å². The zero-order valence-electron chi connectivity index (χ0n) is 11.0.